The largest absolute Gasteiger partial charge is 0.461 e. The van der Waals surface area contributed by atoms with Gasteiger partial charge in [-0.1, -0.05) is 36.4 Å². The second-order valence-electron chi connectivity index (χ2n) is 5.71. The number of anilines is 1. The predicted molar refractivity (Wildman–Crippen MR) is 105 cm³/mol. The van der Waals surface area contributed by atoms with E-state index in [1.165, 1.54) is 23.1 Å². The summed E-state index contributed by atoms with van der Waals surface area (Å²) >= 11 is 2.80. The molecule has 0 bridgehead atoms. The fourth-order valence-electron chi connectivity index (χ4n) is 2.49. The SMILES string of the molecule is CCCCNc1nnc(SCC(=O)c2c(C)[nH]c(C(=O)OCC)c2C)s1. The molecule has 7 nitrogen and oxygen atoms in total. The number of H-pyrrole nitrogens is 1. The van der Waals surface area contributed by atoms with Crippen molar-refractivity contribution in [3.05, 3.63) is 22.5 Å². The molecule has 2 aromatic heterocycles. The van der Waals surface area contributed by atoms with Gasteiger partial charge >= 0.3 is 5.97 Å². The second kappa shape index (κ2) is 9.72. The Morgan fingerprint density at radius 3 is 2.73 bits per heavy atom. The number of hydrogen-bond donors (Lipinski definition) is 2. The smallest absolute Gasteiger partial charge is 0.355 e. The maximum atomic E-state index is 12.6. The van der Waals surface area contributed by atoms with Crippen LogP contribution < -0.4 is 5.32 Å². The highest BCUT2D eigenvalue weighted by molar-refractivity contribution is 8.01. The van der Waals surface area contributed by atoms with Crippen LogP contribution in [0.15, 0.2) is 4.34 Å². The molecule has 142 valence electrons. The van der Waals surface area contributed by atoms with Gasteiger partial charge in [-0.25, -0.2) is 4.79 Å². The minimum Gasteiger partial charge on any atom is -0.461 e. The second-order valence-corrected chi connectivity index (χ2v) is 7.91. The van der Waals surface area contributed by atoms with Gasteiger partial charge in [0.05, 0.1) is 12.4 Å². The highest BCUT2D eigenvalue weighted by Gasteiger charge is 2.23. The molecule has 2 N–H and O–H groups in total. The number of Topliss-reactive ketones (excluding diaryl/α,β-unsaturated/α-hetero) is 1. The monoisotopic (exact) mass is 396 g/mol. The summed E-state index contributed by atoms with van der Waals surface area (Å²) in [6.45, 7) is 8.59. The zero-order valence-corrected chi connectivity index (χ0v) is 17.1. The van der Waals surface area contributed by atoms with Gasteiger partial charge in [0, 0.05) is 17.8 Å². The number of carbonyl (C=O) groups excluding carboxylic acids is 2. The number of hydrogen-bond acceptors (Lipinski definition) is 8. The summed E-state index contributed by atoms with van der Waals surface area (Å²) in [7, 11) is 0. The van der Waals surface area contributed by atoms with Crippen LogP contribution in [0.5, 0.6) is 0 Å². The summed E-state index contributed by atoms with van der Waals surface area (Å²) in [5.74, 6) is -0.245. The third kappa shape index (κ3) is 5.07. The molecule has 2 rings (SSSR count). The zero-order chi connectivity index (χ0) is 19.1. The Balaban J connectivity index is 1.99. The summed E-state index contributed by atoms with van der Waals surface area (Å²) in [5, 5.41) is 12.2. The minimum absolute atomic E-state index is 0.0486. The maximum absolute atomic E-state index is 12.6. The number of aromatic amines is 1. The van der Waals surface area contributed by atoms with Crippen LogP contribution in [-0.4, -0.2) is 45.8 Å². The van der Waals surface area contributed by atoms with Crippen LogP contribution in [0.25, 0.3) is 0 Å². The number of esters is 1. The Kier molecular flexibility index (Phi) is 7.65. The Labute approximate surface area is 161 Å². The van der Waals surface area contributed by atoms with Gasteiger partial charge in [0.1, 0.15) is 5.69 Å². The predicted octanol–water partition coefficient (Wildman–Crippen LogP) is 3.85. The minimum atomic E-state index is -0.438. The molecule has 0 saturated carbocycles. The van der Waals surface area contributed by atoms with Crippen LogP contribution in [0.4, 0.5) is 5.13 Å². The van der Waals surface area contributed by atoms with Crippen molar-refractivity contribution in [2.75, 3.05) is 24.2 Å². The summed E-state index contributed by atoms with van der Waals surface area (Å²) < 4.78 is 5.76. The van der Waals surface area contributed by atoms with Crippen molar-refractivity contribution in [1.29, 1.82) is 0 Å². The van der Waals surface area contributed by atoms with E-state index in [4.69, 9.17) is 4.74 Å². The molecule has 0 aliphatic heterocycles. The Hall–Kier alpha value is -1.87. The standard InChI is InChI=1S/C17H24N4O3S2/c1-5-7-8-18-16-20-21-17(26-16)25-9-12(22)13-10(3)14(19-11(13)4)15(23)24-6-2/h19H,5-9H2,1-4H3,(H,18,20). The first-order chi connectivity index (χ1) is 12.5. The van der Waals surface area contributed by atoms with Crippen LogP contribution in [-0.2, 0) is 4.74 Å². The average molecular weight is 397 g/mol. The molecule has 2 heterocycles. The normalized spacial score (nSPS) is 10.8. The van der Waals surface area contributed by atoms with Gasteiger partial charge in [-0.3, -0.25) is 4.79 Å². The molecule has 2 aromatic rings. The number of aryl methyl sites for hydroxylation is 1. The summed E-state index contributed by atoms with van der Waals surface area (Å²) in [5.41, 5.74) is 2.20. The number of aromatic nitrogens is 3. The average Bonchev–Trinajstić information content (AvgIpc) is 3.17. The number of carbonyl (C=O) groups is 2. The summed E-state index contributed by atoms with van der Waals surface area (Å²) in [4.78, 5) is 27.5. The zero-order valence-electron chi connectivity index (χ0n) is 15.5. The molecule has 0 radical (unpaired) electrons. The van der Waals surface area contributed by atoms with Crippen LogP contribution in [0, 0.1) is 13.8 Å². The topological polar surface area (TPSA) is 97.0 Å². The Bertz CT molecular complexity index is 770. The molecule has 0 saturated heterocycles. The van der Waals surface area contributed by atoms with Gasteiger partial charge in [-0.15, -0.1) is 10.2 Å². The number of nitrogens with one attached hydrogen (secondary N) is 2. The first-order valence-electron chi connectivity index (χ1n) is 8.57. The molecule has 26 heavy (non-hydrogen) atoms. The fourth-order valence-corrected chi connectivity index (χ4v) is 4.14. The third-order valence-corrected chi connectivity index (χ3v) is 5.75. The molecule has 9 heteroatoms. The Morgan fingerprint density at radius 2 is 2.04 bits per heavy atom. The number of ketones is 1. The molecule has 0 aromatic carbocycles. The lowest BCUT2D eigenvalue weighted by atomic mass is 10.1. The highest BCUT2D eigenvalue weighted by Crippen LogP contribution is 2.27. The molecular formula is C17H24N4O3S2. The van der Waals surface area contributed by atoms with E-state index in [1.807, 2.05) is 0 Å². The van der Waals surface area contributed by atoms with Gasteiger partial charge in [0.15, 0.2) is 10.1 Å². The summed E-state index contributed by atoms with van der Waals surface area (Å²) in [6.07, 6.45) is 2.19. The third-order valence-electron chi connectivity index (χ3n) is 3.74. The van der Waals surface area contributed by atoms with Crippen molar-refractivity contribution >= 4 is 40.0 Å². The van der Waals surface area contributed by atoms with Crippen molar-refractivity contribution in [2.45, 2.75) is 44.9 Å². The van der Waals surface area contributed by atoms with Gasteiger partial charge in [0.2, 0.25) is 5.13 Å². The van der Waals surface area contributed by atoms with E-state index in [0.717, 1.165) is 28.9 Å². The lowest BCUT2D eigenvalue weighted by molar-refractivity contribution is 0.0519. The first-order valence-corrected chi connectivity index (χ1v) is 10.4. The molecule has 0 amide bonds. The Morgan fingerprint density at radius 1 is 1.27 bits per heavy atom. The van der Waals surface area contributed by atoms with Crippen molar-refractivity contribution < 1.29 is 14.3 Å². The van der Waals surface area contributed by atoms with Crippen molar-refractivity contribution in [1.82, 2.24) is 15.2 Å². The van der Waals surface area contributed by atoms with E-state index in [1.54, 1.807) is 20.8 Å². The van der Waals surface area contributed by atoms with Crippen LogP contribution in [0.2, 0.25) is 0 Å². The molecule has 0 atom stereocenters. The molecule has 0 aliphatic rings. The van der Waals surface area contributed by atoms with Crippen LogP contribution in [0.3, 0.4) is 0 Å². The van der Waals surface area contributed by atoms with Gasteiger partial charge in [-0.2, -0.15) is 0 Å². The van der Waals surface area contributed by atoms with Gasteiger partial charge < -0.3 is 15.0 Å². The lowest BCUT2D eigenvalue weighted by Crippen LogP contribution is -2.08. The van der Waals surface area contributed by atoms with E-state index in [2.05, 4.69) is 27.4 Å². The van der Waals surface area contributed by atoms with Crippen molar-refractivity contribution in [3.8, 4) is 0 Å². The van der Waals surface area contributed by atoms with E-state index in [-0.39, 0.29) is 11.5 Å². The molecule has 0 fully saturated rings. The number of rotatable bonds is 10. The van der Waals surface area contributed by atoms with Gasteiger partial charge in [0.25, 0.3) is 0 Å². The van der Waals surface area contributed by atoms with E-state index in [9.17, 15) is 9.59 Å². The van der Waals surface area contributed by atoms with E-state index in [0.29, 0.717) is 29.1 Å². The molecular weight excluding hydrogens is 372 g/mol. The van der Waals surface area contributed by atoms with Crippen molar-refractivity contribution in [3.63, 3.8) is 0 Å². The van der Waals surface area contributed by atoms with E-state index >= 15 is 0 Å². The molecule has 0 unspecified atom stereocenters. The number of nitrogens with zero attached hydrogens (tertiary/aromatic N) is 2. The number of thioether (sulfide) groups is 1. The maximum Gasteiger partial charge on any atom is 0.355 e. The quantitative estimate of drug-likeness (QED) is 0.272. The summed E-state index contributed by atoms with van der Waals surface area (Å²) in [6, 6.07) is 0. The lowest BCUT2D eigenvalue weighted by Gasteiger charge is -2.02. The van der Waals surface area contributed by atoms with E-state index < -0.39 is 5.97 Å². The van der Waals surface area contributed by atoms with Gasteiger partial charge in [-0.05, 0) is 32.8 Å². The molecule has 0 aliphatic carbocycles. The van der Waals surface area contributed by atoms with Crippen LogP contribution >= 0.6 is 23.1 Å². The molecule has 0 spiro atoms. The van der Waals surface area contributed by atoms with Crippen molar-refractivity contribution in [2.24, 2.45) is 0 Å². The first kappa shape index (κ1) is 20.4. The number of ether oxygens (including phenoxy) is 1. The fraction of sp³-hybridized carbons (Fsp3) is 0.529. The highest BCUT2D eigenvalue weighted by atomic mass is 32.2. The number of unbranched alkanes of at least 4 members (excludes halogenated alkanes) is 1. The van der Waals surface area contributed by atoms with Crippen LogP contribution in [0.1, 0.15) is 58.8 Å².